The molecule has 0 unspecified atom stereocenters. The Balaban J connectivity index is 1.86. The van der Waals surface area contributed by atoms with Crippen molar-refractivity contribution in [2.75, 3.05) is 19.0 Å². The predicted molar refractivity (Wildman–Crippen MR) is 70.5 cm³/mol. The summed E-state index contributed by atoms with van der Waals surface area (Å²) in [6.07, 6.45) is 7.06. The molecule has 0 aromatic carbocycles. The molecule has 0 amide bonds. The molecule has 3 rings (SSSR count). The maximum absolute atomic E-state index is 5.51. The second-order valence-corrected chi connectivity index (χ2v) is 5.08. The standard InChI is InChI=1S/C14H17N3O/c1-17(2)13-6-5-11(8-15-13)14-12(16-9-18-14)7-10-3-4-10/h5-6,8-10H,3-4,7H2,1-2H3. The van der Waals surface area contributed by atoms with Crippen LogP contribution in [0, 0.1) is 5.92 Å². The number of pyridine rings is 1. The minimum absolute atomic E-state index is 0.808. The lowest BCUT2D eigenvalue weighted by molar-refractivity contribution is 0.570. The molecule has 2 aromatic heterocycles. The van der Waals surface area contributed by atoms with Crippen LogP contribution < -0.4 is 4.90 Å². The summed E-state index contributed by atoms with van der Waals surface area (Å²) in [6, 6.07) is 4.04. The van der Waals surface area contributed by atoms with Crippen molar-refractivity contribution in [1.82, 2.24) is 9.97 Å². The minimum Gasteiger partial charge on any atom is -0.443 e. The van der Waals surface area contributed by atoms with Crippen LogP contribution in [-0.2, 0) is 6.42 Å². The van der Waals surface area contributed by atoms with Crippen LogP contribution in [0.15, 0.2) is 29.1 Å². The van der Waals surface area contributed by atoms with Gasteiger partial charge in [0, 0.05) is 25.9 Å². The van der Waals surface area contributed by atoms with Gasteiger partial charge in [0.15, 0.2) is 12.2 Å². The second-order valence-electron chi connectivity index (χ2n) is 5.08. The second kappa shape index (κ2) is 4.44. The van der Waals surface area contributed by atoms with Gasteiger partial charge in [-0.05, 0) is 37.3 Å². The van der Waals surface area contributed by atoms with E-state index in [0.29, 0.717) is 0 Å². The molecule has 0 radical (unpaired) electrons. The lowest BCUT2D eigenvalue weighted by Gasteiger charge is -2.10. The maximum atomic E-state index is 5.51. The fraction of sp³-hybridized carbons (Fsp3) is 0.429. The monoisotopic (exact) mass is 243 g/mol. The van der Waals surface area contributed by atoms with E-state index in [2.05, 4.69) is 9.97 Å². The molecular weight excluding hydrogens is 226 g/mol. The lowest BCUT2D eigenvalue weighted by atomic mass is 10.1. The molecule has 2 aromatic rings. The van der Waals surface area contributed by atoms with Crippen LogP contribution in [0.4, 0.5) is 5.82 Å². The highest BCUT2D eigenvalue weighted by Crippen LogP contribution is 2.35. The summed E-state index contributed by atoms with van der Waals surface area (Å²) in [5.41, 5.74) is 2.07. The summed E-state index contributed by atoms with van der Waals surface area (Å²) in [4.78, 5) is 10.7. The first-order valence-electron chi connectivity index (χ1n) is 6.30. The number of aromatic nitrogens is 2. The molecule has 1 aliphatic carbocycles. The summed E-state index contributed by atoms with van der Waals surface area (Å²) >= 11 is 0. The number of hydrogen-bond acceptors (Lipinski definition) is 4. The molecule has 1 aliphatic rings. The van der Waals surface area contributed by atoms with Crippen molar-refractivity contribution in [1.29, 1.82) is 0 Å². The van der Waals surface area contributed by atoms with Gasteiger partial charge in [-0.15, -0.1) is 0 Å². The molecule has 4 nitrogen and oxygen atoms in total. The van der Waals surface area contributed by atoms with E-state index in [0.717, 1.165) is 35.2 Å². The average molecular weight is 243 g/mol. The van der Waals surface area contributed by atoms with Gasteiger partial charge in [-0.1, -0.05) is 0 Å². The van der Waals surface area contributed by atoms with E-state index in [1.54, 1.807) is 0 Å². The third-order valence-corrected chi connectivity index (χ3v) is 3.29. The number of hydrogen-bond donors (Lipinski definition) is 0. The largest absolute Gasteiger partial charge is 0.443 e. The van der Waals surface area contributed by atoms with Gasteiger partial charge in [0.1, 0.15) is 5.82 Å². The normalized spacial score (nSPS) is 14.8. The third kappa shape index (κ3) is 2.23. The van der Waals surface area contributed by atoms with Crippen LogP contribution in [0.3, 0.4) is 0 Å². The molecule has 0 N–H and O–H groups in total. The van der Waals surface area contributed by atoms with Crippen molar-refractivity contribution in [3.05, 3.63) is 30.4 Å². The summed E-state index contributed by atoms with van der Waals surface area (Å²) < 4.78 is 5.51. The minimum atomic E-state index is 0.808. The number of nitrogens with zero attached hydrogens (tertiary/aromatic N) is 3. The van der Waals surface area contributed by atoms with Gasteiger partial charge in [0.2, 0.25) is 0 Å². The fourth-order valence-electron chi connectivity index (χ4n) is 2.03. The molecule has 0 bridgehead atoms. The van der Waals surface area contributed by atoms with Crippen molar-refractivity contribution in [2.45, 2.75) is 19.3 Å². The molecule has 1 saturated carbocycles. The smallest absolute Gasteiger partial charge is 0.181 e. The number of oxazole rings is 1. The highest BCUT2D eigenvalue weighted by molar-refractivity contribution is 5.60. The van der Waals surface area contributed by atoms with E-state index in [1.807, 2.05) is 37.3 Å². The van der Waals surface area contributed by atoms with Crippen LogP contribution in [0.1, 0.15) is 18.5 Å². The summed E-state index contributed by atoms with van der Waals surface area (Å²) in [6.45, 7) is 0. The van der Waals surface area contributed by atoms with Gasteiger partial charge < -0.3 is 9.32 Å². The Hall–Kier alpha value is -1.84. The van der Waals surface area contributed by atoms with Crippen LogP contribution in [0.5, 0.6) is 0 Å². The van der Waals surface area contributed by atoms with Gasteiger partial charge >= 0.3 is 0 Å². The molecule has 0 aliphatic heterocycles. The molecular formula is C14H17N3O. The Morgan fingerprint density at radius 2 is 2.11 bits per heavy atom. The maximum Gasteiger partial charge on any atom is 0.181 e. The van der Waals surface area contributed by atoms with Crippen LogP contribution in [-0.4, -0.2) is 24.1 Å². The topological polar surface area (TPSA) is 42.2 Å². The van der Waals surface area contributed by atoms with Crippen molar-refractivity contribution in [3.8, 4) is 11.3 Å². The Labute approximate surface area is 107 Å². The van der Waals surface area contributed by atoms with Gasteiger partial charge in [0.25, 0.3) is 0 Å². The molecule has 2 heterocycles. The van der Waals surface area contributed by atoms with E-state index in [1.165, 1.54) is 19.2 Å². The predicted octanol–water partition coefficient (Wildman–Crippen LogP) is 2.76. The Morgan fingerprint density at radius 3 is 2.72 bits per heavy atom. The summed E-state index contributed by atoms with van der Waals surface area (Å²) in [5.74, 6) is 2.63. The van der Waals surface area contributed by atoms with Gasteiger partial charge in [-0.2, -0.15) is 0 Å². The average Bonchev–Trinajstić information content (AvgIpc) is 3.06. The van der Waals surface area contributed by atoms with Crippen LogP contribution >= 0.6 is 0 Å². The fourth-order valence-corrected chi connectivity index (χ4v) is 2.03. The van der Waals surface area contributed by atoms with Crippen molar-refractivity contribution >= 4 is 5.82 Å². The Kier molecular flexibility index (Phi) is 2.78. The Morgan fingerprint density at radius 1 is 1.28 bits per heavy atom. The van der Waals surface area contributed by atoms with Crippen molar-refractivity contribution in [3.63, 3.8) is 0 Å². The first kappa shape index (κ1) is 11.3. The first-order chi connectivity index (χ1) is 8.74. The first-order valence-corrected chi connectivity index (χ1v) is 6.30. The molecule has 0 atom stereocenters. The summed E-state index contributed by atoms with van der Waals surface area (Å²) in [5, 5.41) is 0. The number of anilines is 1. The van der Waals surface area contributed by atoms with Gasteiger partial charge in [-0.25, -0.2) is 9.97 Å². The highest BCUT2D eigenvalue weighted by atomic mass is 16.3. The summed E-state index contributed by atoms with van der Waals surface area (Å²) in [7, 11) is 3.96. The molecule has 18 heavy (non-hydrogen) atoms. The van der Waals surface area contributed by atoms with E-state index in [9.17, 15) is 0 Å². The van der Waals surface area contributed by atoms with Crippen molar-refractivity contribution in [2.24, 2.45) is 5.92 Å². The van der Waals surface area contributed by atoms with Crippen molar-refractivity contribution < 1.29 is 4.42 Å². The molecule has 4 heteroatoms. The van der Waals surface area contributed by atoms with Gasteiger partial charge in [0.05, 0.1) is 5.69 Å². The lowest BCUT2D eigenvalue weighted by Crippen LogP contribution is -2.10. The molecule has 94 valence electrons. The Bertz CT molecular complexity index is 526. The highest BCUT2D eigenvalue weighted by Gasteiger charge is 2.25. The van der Waals surface area contributed by atoms with Crippen LogP contribution in [0.25, 0.3) is 11.3 Å². The van der Waals surface area contributed by atoms with E-state index < -0.39 is 0 Å². The molecule has 1 fully saturated rings. The zero-order chi connectivity index (χ0) is 12.5. The zero-order valence-electron chi connectivity index (χ0n) is 10.8. The number of rotatable bonds is 4. The quantitative estimate of drug-likeness (QED) is 0.828. The molecule has 0 spiro atoms. The van der Waals surface area contributed by atoms with E-state index >= 15 is 0 Å². The zero-order valence-corrected chi connectivity index (χ0v) is 10.8. The van der Waals surface area contributed by atoms with Gasteiger partial charge in [-0.3, -0.25) is 0 Å². The van der Waals surface area contributed by atoms with E-state index in [-0.39, 0.29) is 0 Å². The SMILES string of the molecule is CN(C)c1ccc(-c2ocnc2CC2CC2)cn1. The third-order valence-electron chi connectivity index (χ3n) is 3.29. The van der Waals surface area contributed by atoms with Crippen LogP contribution in [0.2, 0.25) is 0 Å². The van der Waals surface area contributed by atoms with E-state index in [4.69, 9.17) is 4.42 Å². The molecule has 0 saturated heterocycles.